The van der Waals surface area contributed by atoms with Gasteiger partial charge in [0.05, 0.1) is 6.04 Å². The summed E-state index contributed by atoms with van der Waals surface area (Å²) >= 11 is 0. The average Bonchev–Trinajstić information content (AvgIpc) is 2.80. The first kappa shape index (κ1) is 12.5. The number of hydrogen-bond acceptors (Lipinski definition) is 4. The molecule has 4 atom stereocenters. The highest BCUT2D eigenvalue weighted by molar-refractivity contribution is 5.86. The van der Waals surface area contributed by atoms with E-state index in [0.717, 1.165) is 17.9 Å². The van der Waals surface area contributed by atoms with E-state index in [0.29, 0.717) is 13.0 Å². The molecule has 0 amide bonds. The molecule has 1 spiro atoms. The van der Waals surface area contributed by atoms with Gasteiger partial charge in [0, 0.05) is 12.6 Å². The Labute approximate surface area is 111 Å². The van der Waals surface area contributed by atoms with Crippen molar-refractivity contribution in [1.82, 2.24) is 20.6 Å². The number of hydrogen-bond donors (Lipinski definition) is 6. The number of guanidine groups is 2. The van der Waals surface area contributed by atoms with E-state index in [2.05, 4.69) is 17.6 Å². The van der Waals surface area contributed by atoms with E-state index >= 15 is 0 Å². The van der Waals surface area contributed by atoms with E-state index in [4.69, 9.17) is 10.8 Å². The fourth-order valence-electron chi connectivity index (χ4n) is 3.72. The van der Waals surface area contributed by atoms with Crippen LogP contribution in [0.2, 0.25) is 0 Å². The van der Waals surface area contributed by atoms with Gasteiger partial charge in [0.15, 0.2) is 11.6 Å². The minimum atomic E-state index is -1.11. The Morgan fingerprint density at radius 2 is 2.16 bits per heavy atom. The molecule has 6 N–H and O–H groups in total. The predicted octanol–water partition coefficient (Wildman–Crippen LogP) is -0.946. The minimum absolute atomic E-state index is 0.00477. The summed E-state index contributed by atoms with van der Waals surface area (Å²) in [5.74, 6) is 0.0875. The smallest absolute Gasteiger partial charge is 0.218 e. The minimum Gasteiger partial charge on any atom is -0.388 e. The fourth-order valence-corrected chi connectivity index (χ4v) is 3.72. The van der Waals surface area contributed by atoms with Crippen LogP contribution in [0, 0.1) is 10.8 Å². The Hall–Kier alpha value is -1.54. The lowest BCUT2D eigenvalue weighted by molar-refractivity contribution is -0.183. The second kappa shape index (κ2) is 3.97. The van der Waals surface area contributed by atoms with Crippen LogP contribution >= 0.6 is 0 Å². The van der Waals surface area contributed by atoms with Crippen LogP contribution in [0.5, 0.6) is 0 Å². The van der Waals surface area contributed by atoms with E-state index in [-0.39, 0.29) is 24.0 Å². The molecule has 0 bridgehead atoms. The van der Waals surface area contributed by atoms with E-state index < -0.39 is 11.8 Å². The van der Waals surface area contributed by atoms with Gasteiger partial charge in [-0.1, -0.05) is 13.3 Å². The quantitative estimate of drug-likeness (QED) is 0.384. The largest absolute Gasteiger partial charge is 0.388 e. The third-order valence-electron chi connectivity index (χ3n) is 4.45. The molecule has 3 heterocycles. The molecule has 3 unspecified atom stereocenters. The zero-order valence-corrected chi connectivity index (χ0v) is 10.8. The molecule has 3 aliphatic rings. The molecule has 0 aromatic heterocycles. The van der Waals surface area contributed by atoms with Crippen molar-refractivity contribution < 1.29 is 10.3 Å². The molecule has 3 rings (SSSR count). The highest BCUT2D eigenvalue weighted by Gasteiger charge is 2.67. The highest BCUT2D eigenvalue weighted by atomic mass is 16.5. The summed E-state index contributed by atoms with van der Waals surface area (Å²) in [7, 11) is 0. The second-order valence-electron chi connectivity index (χ2n) is 5.43. The molecule has 19 heavy (non-hydrogen) atoms. The van der Waals surface area contributed by atoms with Gasteiger partial charge in [-0.15, -0.1) is 0 Å². The van der Waals surface area contributed by atoms with Crippen LogP contribution < -0.4 is 10.6 Å². The van der Waals surface area contributed by atoms with Crippen LogP contribution in [0.15, 0.2) is 0 Å². The van der Waals surface area contributed by atoms with Crippen LogP contribution in [0.25, 0.3) is 0 Å². The monoisotopic (exact) mass is 268 g/mol. The Kier molecular flexibility index (Phi) is 2.61. The lowest BCUT2D eigenvalue weighted by atomic mass is 9.94. The summed E-state index contributed by atoms with van der Waals surface area (Å²) in [4.78, 5) is 1.74. The van der Waals surface area contributed by atoms with Gasteiger partial charge >= 0.3 is 0 Å². The maximum atomic E-state index is 10.5. The van der Waals surface area contributed by atoms with Crippen molar-refractivity contribution in [3.05, 3.63) is 0 Å². The molecule has 8 nitrogen and oxygen atoms in total. The second-order valence-corrected chi connectivity index (χ2v) is 5.43. The van der Waals surface area contributed by atoms with Crippen molar-refractivity contribution in [3.63, 3.8) is 0 Å². The van der Waals surface area contributed by atoms with Gasteiger partial charge in [0.25, 0.3) is 0 Å². The lowest BCUT2D eigenvalue weighted by Crippen LogP contribution is -2.74. The predicted molar refractivity (Wildman–Crippen MR) is 67.9 cm³/mol. The Morgan fingerprint density at radius 1 is 1.42 bits per heavy atom. The lowest BCUT2D eigenvalue weighted by Gasteiger charge is -2.49. The molecule has 8 heteroatoms. The topological polar surface area (TPSA) is 119 Å². The third-order valence-corrected chi connectivity index (χ3v) is 4.45. The maximum Gasteiger partial charge on any atom is 0.218 e. The molecule has 3 fully saturated rings. The molecular weight excluding hydrogens is 248 g/mol. The molecule has 0 radical (unpaired) electrons. The standard InChI is InChI=1S/C11H20N6O2/c1-2-3-6-4-8(18)11-7(15-10(13)17(11)19)5-14-9(12)16(6)11/h6-8,18-19H,2-5H2,1H3,(H2,12,14)(H2,13,15)/t6?,7?,8-,11?/m1/s1. The first-order chi connectivity index (χ1) is 9.03. The highest BCUT2D eigenvalue weighted by Crippen LogP contribution is 2.44. The maximum absolute atomic E-state index is 10.5. The van der Waals surface area contributed by atoms with Gasteiger partial charge in [-0.2, -0.15) is 5.06 Å². The van der Waals surface area contributed by atoms with Gasteiger partial charge in [-0.3, -0.25) is 16.0 Å². The zero-order chi connectivity index (χ0) is 13.8. The molecule has 0 aromatic rings. The average molecular weight is 268 g/mol. The Balaban J connectivity index is 2.06. The van der Waals surface area contributed by atoms with Crippen molar-refractivity contribution in [2.24, 2.45) is 0 Å². The van der Waals surface area contributed by atoms with Crippen LogP contribution in [-0.2, 0) is 0 Å². The van der Waals surface area contributed by atoms with E-state index in [1.165, 1.54) is 0 Å². The summed E-state index contributed by atoms with van der Waals surface area (Å²) in [5.41, 5.74) is -1.11. The van der Waals surface area contributed by atoms with Gasteiger partial charge in [0.2, 0.25) is 5.96 Å². The number of nitrogens with zero attached hydrogens (tertiary/aromatic N) is 2. The Morgan fingerprint density at radius 3 is 2.84 bits per heavy atom. The molecular formula is C11H20N6O2. The van der Waals surface area contributed by atoms with E-state index in [1.807, 2.05) is 0 Å². The van der Waals surface area contributed by atoms with Crippen LogP contribution in [0.3, 0.4) is 0 Å². The molecule has 0 aromatic carbocycles. The van der Waals surface area contributed by atoms with Crippen molar-refractivity contribution >= 4 is 11.9 Å². The van der Waals surface area contributed by atoms with Crippen molar-refractivity contribution in [2.75, 3.05) is 6.54 Å². The number of aliphatic hydroxyl groups is 1. The zero-order valence-electron chi connectivity index (χ0n) is 10.8. The molecule has 0 aliphatic carbocycles. The summed E-state index contributed by atoms with van der Waals surface area (Å²) in [6.07, 6.45) is 1.49. The molecule has 106 valence electrons. The first-order valence-electron chi connectivity index (χ1n) is 6.67. The van der Waals surface area contributed by atoms with Crippen LogP contribution in [0.4, 0.5) is 0 Å². The van der Waals surface area contributed by atoms with Crippen molar-refractivity contribution in [3.8, 4) is 0 Å². The van der Waals surface area contributed by atoms with E-state index in [1.54, 1.807) is 4.90 Å². The van der Waals surface area contributed by atoms with E-state index in [9.17, 15) is 10.3 Å². The van der Waals surface area contributed by atoms with Gasteiger partial charge < -0.3 is 20.6 Å². The molecule has 3 aliphatic heterocycles. The summed E-state index contributed by atoms with van der Waals surface area (Å²) in [5, 5.41) is 43.2. The summed E-state index contributed by atoms with van der Waals surface area (Å²) in [6.45, 7) is 2.46. The van der Waals surface area contributed by atoms with Crippen molar-refractivity contribution in [1.29, 1.82) is 10.8 Å². The normalized spacial score (nSPS) is 40.9. The fraction of sp³-hybridized carbons (Fsp3) is 0.818. The Bertz CT molecular complexity index is 429. The third kappa shape index (κ3) is 1.35. The van der Waals surface area contributed by atoms with Gasteiger partial charge in [0.1, 0.15) is 6.10 Å². The van der Waals surface area contributed by atoms with Crippen LogP contribution in [0.1, 0.15) is 26.2 Å². The number of nitrogens with one attached hydrogen (secondary N) is 4. The number of aliphatic hydroxyl groups excluding tert-OH is 1. The summed E-state index contributed by atoms with van der Waals surface area (Å²) in [6, 6.07) is -0.305. The van der Waals surface area contributed by atoms with Gasteiger partial charge in [-0.25, -0.2) is 0 Å². The van der Waals surface area contributed by atoms with Crippen molar-refractivity contribution in [2.45, 2.75) is 50.0 Å². The number of rotatable bonds is 2. The summed E-state index contributed by atoms with van der Waals surface area (Å²) < 4.78 is 0. The van der Waals surface area contributed by atoms with Gasteiger partial charge in [-0.05, 0) is 12.8 Å². The molecule has 3 saturated heterocycles. The SMILES string of the molecule is CCCC1C[C@@H](O)C23C(CNC(=N)N12)NC(=N)N3O. The number of hydroxylamine groups is 2. The molecule has 0 saturated carbocycles. The van der Waals surface area contributed by atoms with Crippen LogP contribution in [-0.4, -0.2) is 62.6 Å². The first-order valence-corrected chi connectivity index (χ1v) is 6.67.